The van der Waals surface area contributed by atoms with E-state index in [-0.39, 0.29) is 25.4 Å². The Balaban J connectivity index is 2.50. The molecule has 0 amide bonds. The molecule has 6 heteroatoms. The summed E-state index contributed by atoms with van der Waals surface area (Å²) in [6.07, 6.45) is 1.28. The Hall–Kier alpha value is -0.980. The molecule has 0 aromatic carbocycles. The molecule has 116 valence electrons. The van der Waals surface area contributed by atoms with Crippen molar-refractivity contribution < 1.29 is 28.5 Å². The molecule has 1 unspecified atom stereocenters. The third kappa shape index (κ3) is 4.54. The highest BCUT2D eigenvalue weighted by atomic mass is 16.5. The minimum atomic E-state index is -1.14. The average Bonchev–Trinajstić information content (AvgIpc) is 2.45. The summed E-state index contributed by atoms with van der Waals surface area (Å²) in [5.41, 5.74) is -1.14. The van der Waals surface area contributed by atoms with E-state index in [1.165, 1.54) is 0 Å². The topological polar surface area (TPSA) is 71.1 Å². The summed E-state index contributed by atoms with van der Waals surface area (Å²) in [7, 11) is 1.61. The first-order chi connectivity index (χ1) is 9.67. The molecule has 0 saturated carbocycles. The van der Waals surface area contributed by atoms with Crippen LogP contribution >= 0.6 is 0 Å². The van der Waals surface area contributed by atoms with Crippen LogP contribution in [0.1, 0.15) is 26.2 Å². The van der Waals surface area contributed by atoms with Crippen molar-refractivity contribution in [2.45, 2.75) is 26.2 Å². The molecular formula is C14H24O6. The second-order valence-electron chi connectivity index (χ2n) is 4.74. The highest BCUT2D eigenvalue weighted by Crippen LogP contribution is 2.32. The number of rotatable bonds is 9. The lowest BCUT2D eigenvalue weighted by Crippen LogP contribution is -2.48. The summed E-state index contributed by atoms with van der Waals surface area (Å²) in [6, 6.07) is 0. The van der Waals surface area contributed by atoms with Gasteiger partial charge in [-0.2, -0.15) is 0 Å². The van der Waals surface area contributed by atoms with E-state index >= 15 is 0 Å². The van der Waals surface area contributed by atoms with Crippen LogP contribution in [-0.2, 0) is 28.5 Å². The number of esters is 1. The highest BCUT2D eigenvalue weighted by molar-refractivity contribution is 6.04. The molecule has 0 aromatic heterocycles. The van der Waals surface area contributed by atoms with Crippen molar-refractivity contribution in [1.29, 1.82) is 0 Å². The van der Waals surface area contributed by atoms with E-state index in [2.05, 4.69) is 0 Å². The second-order valence-corrected chi connectivity index (χ2v) is 4.74. The van der Waals surface area contributed by atoms with Crippen LogP contribution in [0, 0.1) is 5.41 Å². The molecule has 0 aliphatic carbocycles. The summed E-state index contributed by atoms with van der Waals surface area (Å²) < 4.78 is 20.6. The Morgan fingerprint density at radius 1 is 1.35 bits per heavy atom. The lowest BCUT2D eigenvalue weighted by molar-refractivity contribution is -0.170. The van der Waals surface area contributed by atoms with Crippen LogP contribution in [0.3, 0.4) is 0 Å². The second kappa shape index (κ2) is 9.05. The standard InChI is InChI=1S/C14H24O6/c1-3-20-13(16)14(11-19-8-5-12(14)15)6-4-7-18-10-9-17-2/h3-11H2,1-2H3. The zero-order valence-electron chi connectivity index (χ0n) is 12.3. The summed E-state index contributed by atoms with van der Waals surface area (Å²) in [6.45, 7) is 4.01. The molecule has 0 bridgehead atoms. The van der Waals surface area contributed by atoms with Crippen LogP contribution in [0.2, 0.25) is 0 Å². The van der Waals surface area contributed by atoms with Gasteiger partial charge in [0.2, 0.25) is 0 Å². The van der Waals surface area contributed by atoms with E-state index in [1.807, 2.05) is 0 Å². The van der Waals surface area contributed by atoms with Gasteiger partial charge in [0.25, 0.3) is 0 Å². The van der Waals surface area contributed by atoms with Crippen molar-refractivity contribution in [3.63, 3.8) is 0 Å². The minimum absolute atomic E-state index is 0.0842. The Bertz CT molecular complexity index is 317. The maximum Gasteiger partial charge on any atom is 0.322 e. The van der Waals surface area contributed by atoms with Gasteiger partial charge in [0.15, 0.2) is 5.78 Å². The van der Waals surface area contributed by atoms with Crippen molar-refractivity contribution in [1.82, 2.24) is 0 Å². The Morgan fingerprint density at radius 2 is 2.15 bits per heavy atom. The van der Waals surface area contributed by atoms with Gasteiger partial charge in [0.1, 0.15) is 5.41 Å². The number of hydrogen-bond donors (Lipinski definition) is 0. The van der Waals surface area contributed by atoms with Crippen molar-refractivity contribution in [3.05, 3.63) is 0 Å². The molecule has 0 aromatic rings. The maximum absolute atomic E-state index is 12.2. The largest absolute Gasteiger partial charge is 0.465 e. The van der Waals surface area contributed by atoms with E-state index in [1.54, 1.807) is 14.0 Å². The first kappa shape index (κ1) is 17.1. The predicted octanol–water partition coefficient (Wildman–Crippen LogP) is 0.968. The highest BCUT2D eigenvalue weighted by Gasteiger charge is 2.48. The predicted molar refractivity (Wildman–Crippen MR) is 71.4 cm³/mol. The molecule has 1 atom stereocenters. The fourth-order valence-corrected chi connectivity index (χ4v) is 2.21. The number of ketones is 1. The number of Topliss-reactive ketones (excluding diaryl/α,β-unsaturated/α-hetero) is 1. The monoisotopic (exact) mass is 288 g/mol. The number of carbonyl (C=O) groups excluding carboxylic acids is 2. The Morgan fingerprint density at radius 3 is 2.80 bits per heavy atom. The zero-order chi connectivity index (χ0) is 14.8. The molecular weight excluding hydrogens is 264 g/mol. The van der Waals surface area contributed by atoms with Crippen LogP contribution in [0.4, 0.5) is 0 Å². The van der Waals surface area contributed by atoms with Crippen molar-refractivity contribution in [2.75, 3.05) is 46.8 Å². The molecule has 0 spiro atoms. The molecule has 1 aliphatic heterocycles. The van der Waals surface area contributed by atoms with E-state index < -0.39 is 11.4 Å². The van der Waals surface area contributed by atoms with Crippen LogP contribution in [-0.4, -0.2) is 58.5 Å². The SMILES string of the molecule is CCOC(=O)C1(CCCOCCOC)COCCC1=O. The summed E-state index contributed by atoms with van der Waals surface area (Å²) >= 11 is 0. The summed E-state index contributed by atoms with van der Waals surface area (Å²) in [4.78, 5) is 24.3. The van der Waals surface area contributed by atoms with Gasteiger partial charge < -0.3 is 18.9 Å². The lowest BCUT2D eigenvalue weighted by atomic mass is 9.77. The van der Waals surface area contributed by atoms with Crippen LogP contribution in [0.25, 0.3) is 0 Å². The van der Waals surface area contributed by atoms with Gasteiger partial charge in [0, 0.05) is 20.1 Å². The molecule has 1 rings (SSSR count). The molecule has 0 radical (unpaired) electrons. The molecule has 1 saturated heterocycles. The average molecular weight is 288 g/mol. The Kier molecular flexibility index (Phi) is 7.72. The van der Waals surface area contributed by atoms with Crippen molar-refractivity contribution in [2.24, 2.45) is 5.41 Å². The van der Waals surface area contributed by atoms with Gasteiger partial charge in [-0.25, -0.2) is 0 Å². The number of hydrogen-bond acceptors (Lipinski definition) is 6. The quantitative estimate of drug-likeness (QED) is 0.358. The first-order valence-corrected chi connectivity index (χ1v) is 7.02. The van der Waals surface area contributed by atoms with Crippen molar-refractivity contribution >= 4 is 11.8 Å². The lowest BCUT2D eigenvalue weighted by Gasteiger charge is -2.33. The van der Waals surface area contributed by atoms with E-state index in [0.717, 1.165) is 0 Å². The normalized spacial score (nSPS) is 22.8. The Labute approximate surface area is 119 Å². The molecule has 1 aliphatic rings. The molecule has 0 N–H and O–H groups in total. The molecule has 6 nitrogen and oxygen atoms in total. The fraction of sp³-hybridized carbons (Fsp3) is 0.857. The minimum Gasteiger partial charge on any atom is -0.465 e. The van der Waals surface area contributed by atoms with E-state index in [4.69, 9.17) is 18.9 Å². The molecule has 20 heavy (non-hydrogen) atoms. The van der Waals surface area contributed by atoms with Crippen LogP contribution < -0.4 is 0 Å². The number of ether oxygens (including phenoxy) is 4. The number of carbonyl (C=O) groups is 2. The summed E-state index contributed by atoms with van der Waals surface area (Å²) in [5.74, 6) is -0.555. The zero-order valence-corrected chi connectivity index (χ0v) is 12.3. The molecule has 1 heterocycles. The van der Waals surface area contributed by atoms with Gasteiger partial charge in [-0.3, -0.25) is 9.59 Å². The van der Waals surface area contributed by atoms with Gasteiger partial charge in [-0.1, -0.05) is 0 Å². The molecule has 1 fully saturated rings. The van der Waals surface area contributed by atoms with Crippen LogP contribution in [0.15, 0.2) is 0 Å². The third-order valence-electron chi connectivity index (χ3n) is 3.35. The fourth-order valence-electron chi connectivity index (χ4n) is 2.21. The smallest absolute Gasteiger partial charge is 0.322 e. The van der Waals surface area contributed by atoms with Crippen molar-refractivity contribution in [3.8, 4) is 0 Å². The first-order valence-electron chi connectivity index (χ1n) is 7.02. The van der Waals surface area contributed by atoms with Gasteiger partial charge in [-0.05, 0) is 19.8 Å². The summed E-state index contributed by atoms with van der Waals surface area (Å²) in [5, 5.41) is 0. The van der Waals surface area contributed by atoms with E-state index in [9.17, 15) is 9.59 Å². The third-order valence-corrected chi connectivity index (χ3v) is 3.35. The maximum atomic E-state index is 12.2. The van der Waals surface area contributed by atoms with Crippen LogP contribution in [0.5, 0.6) is 0 Å². The van der Waals surface area contributed by atoms with E-state index in [0.29, 0.717) is 39.3 Å². The van der Waals surface area contributed by atoms with Gasteiger partial charge in [-0.15, -0.1) is 0 Å². The van der Waals surface area contributed by atoms with Gasteiger partial charge in [0.05, 0.1) is 33.0 Å². The van der Waals surface area contributed by atoms with Gasteiger partial charge >= 0.3 is 5.97 Å². The number of methoxy groups -OCH3 is 1.